The predicted molar refractivity (Wildman–Crippen MR) is 78.8 cm³/mol. The normalized spacial score (nSPS) is 27.6. The zero-order valence-corrected chi connectivity index (χ0v) is 13.0. The highest BCUT2D eigenvalue weighted by Gasteiger charge is 2.46. The fraction of sp³-hybridized carbons (Fsp3) is 0.733. The highest BCUT2D eigenvalue weighted by molar-refractivity contribution is 7.86. The Balaban J connectivity index is 1.59. The summed E-state index contributed by atoms with van der Waals surface area (Å²) in [5.41, 5.74) is 0. The molecular weight excluding hydrogens is 288 g/mol. The molecule has 2 aliphatic carbocycles. The predicted octanol–water partition coefficient (Wildman–Crippen LogP) is 2.54. The van der Waals surface area contributed by atoms with Crippen molar-refractivity contribution in [2.24, 2.45) is 5.92 Å². The number of hydrogen-bond acceptors (Lipinski definition) is 3. The number of hydrogen-bond donors (Lipinski definition) is 0. The van der Waals surface area contributed by atoms with Gasteiger partial charge < -0.3 is 4.42 Å². The van der Waals surface area contributed by atoms with Crippen molar-refractivity contribution in [3.63, 3.8) is 0 Å². The standard InChI is InChI=1S/C15H22N2O3S/c18-21(19,17(13-7-8-13)11-12-5-6-12)16-9-1-3-14(16)15-4-2-10-20-15/h2,4,10,12-14H,1,3,5-9,11H2/t14-/m1/s1. The van der Waals surface area contributed by atoms with Gasteiger partial charge in [0.25, 0.3) is 10.2 Å². The van der Waals surface area contributed by atoms with Gasteiger partial charge in [-0.15, -0.1) is 0 Å². The molecule has 0 spiro atoms. The van der Waals surface area contributed by atoms with Crippen LogP contribution in [0.2, 0.25) is 0 Å². The number of furan rings is 1. The van der Waals surface area contributed by atoms with E-state index in [2.05, 4.69) is 0 Å². The third-order valence-electron chi connectivity index (χ3n) is 4.76. The average molecular weight is 310 g/mol. The van der Waals surface area contributed by atoms with Crippen molar-refractivity contribution in [2.75, 3.05) is 13.1 Å². The Labute approximate surface area is 126 Å². The zero-order chi connectivity index (χ0) is 14.4. The maximum Gasteiger partial charge on any atom is 0.282 e. The smallest absolute Gasteiger partial charge is 0.282 e. The Morgan fingerprint density at radius 1 is 1.24 bits per heavy atom. The highest BCUT2D eigenvalue weighted by Crippen LogP contribution is 2.41. The molecule has 21 heavy (non-hydrogen) atoms. The summed E-state index contributed by atoms with van der Waals surface area (Å²) >= 11 is 0. The lowest BCUT2D eigenvalue weighted by atomic mass is 10.2. The molecule has 1 aliphatic heterocycles. The van der Waals surface area contributed by atoms with E-state index in [9.17, 15) is 8.42 Å². The van der Waals surface area contributed by atoms with E-state index in [-0.39, 0.29) is 12.1 Å². The molecule has 116 valence electrons. The van der Waals surface area contributed by atoms with Crippen LogP contribution in [0.15, 0.2) is 22.8 Å². The molecule has 1 aromatic rings. The summed E-state index contributed by atoms with van der Waals surface area (Å²) in [5, 5.41) is 0. The third kappa shape index (κ3) is 2.64. The summed E-state index contributed by atoms with van der Waals surface area (Å²) in [6.45, 7) is 1.33. The lowest BCUT2D eigenvalue weighted by Crippen LogP contribution is -2.45. The van der Waals surface area contributed by atoms with Crippen LogP contribution in [-0.4, -0.2) is 36.2 Å². The van der Waals surface area contributed by atoms with Crippen LogP contribution in [0.5, 0.6) is 0 Å². The average Bonchev–Trinajstić information content (AvgIpc) is 3.34. The Kier molecular flexibility index (Phi) is 3.35. The second-order valence-electron chi connectivity index (χ2n) is 6.54. The highest BCUT2D eigenvalue weighted by atomic mass is 32.2. The van der Waals surface area contributed by atoms with Crippen molar-refractivity contribution in [3.8, 4) is 0 Å². The van der Waals surface area contributed by atoms with Crippen LogP contribution in [0.25, 0.3) is 0 Å². The zero-order valence-electron chi connectivity index (χ0n) is 12.1. The van der Waals surface area contributed by atoms with Gasteiger partial charge in [-0.1, -0.05) is 0 Å². The molecule has 1 saturated heterocycles. The molecule has 0 unspecified atom stereocenters. The lowest BCUT2D eigenvalue weighted by molar-refractivity contribution is 0.293. The van der Waals surface area contributed by atoms with Crippen LogP contribution < -0.4 is 0 Å². The van der Waals surface area contributed by atoms with Crippen LogP contribution in [0.1, 0.15) is 50.3 Å². The van der Waals surface area contributed by atoms with E-state index in [1.807, 2.05) is 12.1 Å². The molecule has 1 aromatic heterocycles. The van der Waals surface area contributed by atoms with Crippen molar-refractivity contribution < 1.29 is 12.8 Å². The monoisotopic (exact) mass is 310 g/mol. The molecule has 5 nitrogen and oxygen atoms in total. The van der Waals surface area contributed by atoms with Gasteiger partial charge in [-0.05, 0) is 56.6 Å². The number of nitrogens with zero attached hydrogens (tertiary/aromatic N) is 2. The van der Waals surface area contributed by atoms with E-state index in [1.54, 1.807) is 14.9 Å². The first-order valence-corrected chi connectivity index (χ1v) is 9.38. The first-order valence-electron chi connectivity index (χ1n) is 7.98. The molecule has 2 heterocycles. The molecule has 0 amide bonds. The maximum absolute atomic E-state index is 13.1. The Hall–Kier alpha value is -0.850. The van der Waals surface area contributed by atoms with E-state index in [4.69, 9.17) is 4.42 Å². The Bertz CT molecular complexity index is 590. The second kappa shape index (κ2) is 5.11. The molecule has 0 N–H and O–H groups in total. The molecule has 0 aromatic carbocycles. The van der Waals surface area contributed by atoms with Crippen LogP contribution in [0.3, 0.4) is 0 Å². The first kappa shape index (κ1) is 13.8. The Morgan fingerprint density at radius 3 is 2.67 bits per heavy atom. The summed E-state index contributed by atoms with van der Waals surface area (Å²) in [6.07, 6.45) is 7.79. The fourth-order valence-electron chi connectivity index (χ4n) is 3.27. The molecule has 0 bridgehead atoms. The molecule has 0 radical (unpaired) electrons. The second-order valence-corrected chi connectivity index (χ2v) is 8.37. The largest absolute Gasteiger partial charge is 0.468 e. The van der Waals surface area contributed by atoms with Crippen molar-refractivity contribution >= 4 is 10.2 Å². The van der Waals surface area contributed by atoms with Gasteiger partial charge in [-0.25, -0.2) is 0 Å². The first-order chi connectivity index (χ1) is 10.2. The summed E-state index contributed by atoms with van der Waals surface area (Å²) in [7, 11) is -3.36. The molecule has 3 fully saturated rings. The van der Waals surface area contributed by atoms with Crippen LogP contribution in [0.4, 0.5) is 0 Å². The van der Waals surface area contributed by atoms with Gasteiger partial charge in [-0.3, -0.25) is 0 Å². The van der Waals surface area contributed by atoms with Gasteiger partial charge in [0.1, 0.15) is 5.76 Å². The van der Waals surface area contributed by atoms with E-state index < -0.39 is 10.2 Å². The van der Waals surface area contributed by atoms with Crippen molar-refractivity contribution in [1.82, 2.24) is 8.61 Å². The van der Waals surface area contributed by atoms with Gasteiger partial charge in [0, 0.05) is 19.1 Å². The minimum Gasteiger partial charge on any atom is -0.468 e. The summed E-state index contributed by atoms with van der Waals surface area (Å²) in [4.78, 5) is 0. The number of rotatable bonds is 6. The van der Waals surface area contributed by atoms with Crippen LogP contribution in [0, 0.1) is 5.92 Å². The Morgan fingerprint density at radius 2 is 2.05 bits per heavy atom. The molecule has 4 rings (SSSR count). The third-order valence-corrected chi connectivity index (χ3v) is 6.83. The molecule has 3 aliphatic rings. The SMILES string of the molecule is O=S(=O)(N(CC1CC1)C1CC1)N1CCC[C@@H]1c1ccco1. The minimum absolute atomic E-state index is 0.120. The molecule has 6 heteroatoms. The summed E-state index contributed by atoms with van der Waals surface area (Å²) in [5.74, 6) is 1.36. The van der Waals surface area contributed by atoms with Gasteiger partial charge in [-0.2, -0.15) is 17.0 Å². The van der Waals surface area contributed by atoms with E-state index >= 15 is 0 Å². The van der Waals surface area contributed by atoms with E-state index in [0.717, 1.165) is 31.4 Å². The van der Waals surface area contributed by atoms with E-state index in [1.165, 1.54) is 12.8 Å². The van der Waals surface area contributed by atoms with Crippen molar-refractivity contribution in [1.29, 1.82) is 0 Å². The fourth-order valence-corrected chi connectivity index (χ4v) is 5.41. The summed E-state index contributed by atoms with van der Waals surface area (Å²) in [6, 6.07) is 3.85. The molecular formula is C15H22N2O3S. The van der Waals surface area contributed by atoms with Crippen molar-refractivity contribution in [2.45, 2.75) is 50.6 Å². The summed E-state index contributed by atoms with van der Waals surface area (Å²) < 4.78 is 35.1. The van der Waals surface area contributed by atoms with Gasteiger partial charge in [0.05, 0.1) is 12.3 Å². The van der Waals surface area contributed by atoms with Crippen LogP contribution in [-0.2, 0) is 10.2 Å². The minimum atomic E-state index is -3.36. The van der Waals surface area contributed by atoms with Crippen molar-refractivity contribution in [3.05, 3.63) is 24.2 Å². The molecule has 2 saturated carbocycles. The van der Waals surface area contributed by atoms with Gasteiger partial charge >= 0.3 is 0 Å². The van der Waals surface area contributed by atoms with Crippen LogP contribution >= 0.6 is 0 Å². The lowest BCUT2D eigenvalue weighted by Gasteiger charge is -2.30. The van der Waals surface area contributed by atoms with Gasteiger partial charge in [0.15, 0.2) is 0 Å². The van der Waals surface area contributed by atoms with E-state index in [0.29, 0.717) is 19.0 Å². The quantitative estimate of drug-likeness (QED) is 0.811. The molecule has 1 atom stereocenters. The topological polar surface area (TPSA) is 53.8 Å². The maximum atomic E-state index is 13.1. The van der Waals surface area contributed by atoms with Gasteiger partial charge in [0.2, 0.25) is 0 Å².